The molecule has 1 aliphatic heterocycles. The normalized spacial score (nSPS) is 16.6. The molecule has 1 aromatic heterocycles. The summed E-state index contributed by atoms with van der Waals surface area (Å²) in [4.78, 5) is 17.1. The van der Waals surface area contributed by atoms with Gasteiger partial charge in [0.15, 0.2) is 0 Å². The van der Waals surface area contributed by atoms with Crippen molar-refractivity contribution in [3.8, 4) is 5.88 Å². The SMILES string of the molecule is CCC1COc2ncc(Cc3ccc(F)cc3)cc2N1C(=O)O. The van der Waals surface area contributed by atoms with Gasteiger partial charge in [-0.3, -0.25) is 4.90 Å². The zero-order valence-electron chi connectivity index (χ0n) is 12.7. The number of carboxylic acid groups (broad SMARTS) is 1. The van der Waals surface area contributed by atoms with Gasteiger partial charge in [-0.2, -0.15) is 0 Å². The fourth-order valence-electron chi connectivity index (χ4n) is 2.71. The number of hydrogen-bond donors (Lipinski definition) is 1. The Labute approximate surface area is 133 Å². The zero-order valence-corrected chi connectivity index (χ0v) is 12.7. The molecule has 0 bridgehead atoms. The van der Waals surface area contributed by atoms with Crippen LogP contribution in [0.4, 0.5) is 14.9 Å². The van der Waals surface area contributed by atoms with E-state index in [0.717, 1.165) is 11.1 Å². The highest BCUT2D eigenvalue weighted by molar-refractivity contribution is 5.89. The van der Waals surface area contributed by atoms with Crippen molar-refractivity contribution in [2.45, 2.75) is 25.8 Å². The zero-order chi connectivity index (χ0) is 16.4. The number of aromatic nitrogens is 1. The molecule has 0 saturated carbocycles. The summed E-state index contributed by atoms with van der Waals surface area (Å²) < 4.78 is 18.5. The number of halogens is 1. The lowest BCUT2D eigenvalue weighted by molar-refractivity contribution is 0.185. The molecule has 120 valence electrons. The summed E-state index contributed by atoms with van der Waals surface area (Å²) in [5.41, 5.74) is 2.25. The number of carbonyl (C=O) groups is 1. The summed E-state index contributed by atoms with van der Waals surface area (Å²) in [6.45, 7) is 2.23. The van der Waals surface area contributed by atoms with Crippen molar-refractivity contribution in [2.75, 3.05) is 11.5 Å². The first kappa shape index (κ1) is 15.3. The van der Waals surface area contributed by atoms with Gasteiger partial charge in [0.25, 0.3) is 0 Å². The van der Waals surface area contributed by atoms with E-state index in [1.807, 2.05) is 6.92 Å². The summed E-state index contributed by atoms with van der Waals surface area (Å²) in [6, 6.07) is 7.77. The third kappa shape index (κ3) is 3.11. The fourth-order valence-corrected chi connectivity index (χ4v) is 2.71. The van der Waals surface area contributed by atoms with Crippen LogP contribution in [0.3, 0.4) is 0 Å². The van der Waals surface area contributed by atoms with Crippen LogP contribution in [0.1, 0.15) is 24.5 Å². The number of nitrogens with zero attached hydrogens (tertiary/aromatic N) is 2. The van der Waals surface area contributed by atoms with E-state index in [1.165, 1.54) is 17.0 Å². The maximum Gasteiger partial charge on any atom is 0.412 e. The average molecular weight is 316 g/mol. The molecule has 0 aliphatic carbocycles. The Morgan fingerprint density at radius 3 is 2.78 bits per heavy atom. The highest BCUT2D eigenvalue weighted by Gasteiger charge is 2.32. The topological polar surface area (TPSA) is 62.7 Å². The van der Waals surface area contributed by atoms with Crippen molar-refractivity contribution in [3.05, 3.63) is 53.5 Å². The minimum atomic E-state index is -1.01. The molecule has 0 radical (unpaired) electrons. The van der Waals surface area contributed by atoms with E-state index in [0.29, 0.717) is 31.0 Å². The first-order valence-corrected chi connectivity index (χ1v) is 7.46. The summed E-state index contributed by atoms with van der Waals surface area (Å²) >= 11 is 0. The number of hydrogen-bond acceptors (Lipinski definition) is 3. The Balaban J connectivity index is 1.92. The number of benzene rings is 1. The van der Waals surface area contributed by atoms with Crippen molar-refractivity contribution in [3.63, 3.8) is 0 Å². The molecule has 0 saturated heterocycles. The quantitative estimate of drug-likeness (QED) is 0.942. The molecule has 1 aliphatic rings. The molecule has 2 aromatic rings. The van der Waals surface area contributed by atoms with Gasteiger partial charge in [-0.1, -0.05) is 19.1 Å². The van der Waals surface area contributed by atoms with Crippen LogP contribution in [-0.2, 0) is 6.42 Å². The number of anilines is 1. The van der Waals surface area contributed by atoms with Crippen LogP contribution in [0.15, 0.2) is 36.5 Å². The smallest absolute Gasteiger partial charge is 0.412 e. The Bertz CT molecular complexity index is 718. The van der Waals surface area contributed by atoms with E-state index in [-0.39, 0.29) is 11.9 Å². The molecule has 1 aromatic carbocycles. The molecule has 2 heterocycles. The second-order valence-electron chi connectivity index (χ2n) is 5.50. The number of fused-ring (bicyclic) bond motifs is 1. The van der Waals surface area contributed by atoms with E-state index in [9.17, 15) is 14.3 Å². The number of ether oxygens (including phenoxy) is 1. The average Bonchev–Trinajstić information content (AvgIpc) is 2.55. The second-order valence-corrected chi connectivity index (χ2v) is 5.50. The molecular formula is C17H17FN2O3. The highest BCUT2D eigenvalue weighted by atomic mass is 19.1. The van der Waals surface area contributed by atoms with Gasteiger partial charge in [0, 0.05) is 6.20 Å². The van der Waals surface area contributed by atoms with Crippen LogP contribution in [-0.4, -0.2) is 28.8 Å². The maximum absolute atomic E-state index is 13.0. The van der Waals surface area contributed by atoms with Crippen LogP contribution in [0.2, 0.25) is 0 Å². The molecule has 3 rings (SSSR count). The Morgan fingerprint density at radius 1 is 1.39 bits per heavy atom. The highest BCUT2D eigenvalue weighted by Crippen LogP contribution is 2.34. The van der Waals surface area contributed by atoms with E-state index < -0.39 is 6.09 Å². The summed E-state index contributed by atoms with van der Waals surface area (Å²) in [6.07, 6.45) is 1.86. The minimum absolute atomic E-state index is 0.220. The predicted molar refractivity (Wildman–Crippen MR) is 83.5 cm³/mol. The Hall–Kier alpha value is -2.63. The molecule has 0 fully saturated rings. The maximum atomic E-state index is 13.0. The van der Waals surface area contributed by atoms with Gasteiger partial charge < -0.3 is 9.84 Å². The van der Waals surface area contributed by atoms with E-state index in [1.54, 1.807) is 24.4 Å². The van der Waals surface area contributed by atoms with Crippen LogP contribution in [0.5, 0.6) is 5.88 Å². The van der Waals surface area contributed by atoms with Gasteiger partial charge in [-0.05, 0) is 42.2 Å². The number of pyridine rings is 1. The van der Waals surface area contributed by atoms with Crippen molar-refractivity contribution < 1.29 is 19.0 Å². The van der Waals surface area contributed by atoms with Gasteiger partial charge in [0.2, 0.25) is 5.88 Å². The number of amides is 1. The molecule has 1 amide bonds. The number of rotatable bonds is 3. The molecule has 0 spiro atoms. The molecular weight excluding hydrogens is 299 g/mol. The van der Waals surface area contributed by atoms with Crippen molar-refractivity contribution in [1.29, 1.82) is 0 Å². The second kappa shape index (κ2) is 6.24. The standard InChI is InChI=1S/C17H17FN2O3/c1-2-14-10-23-16-15(20(14)17(21)22)8-12(9-19-16)7-11-3-5-13(18)6-4-11/h3-6,8-9,14H,2,7,10H2,1H3,(H,21,22). The summed E-state index contributed by atoms with van der Waals surface area (Å²) in [5.74, 6) is 0.0495. The third-order valence-corrected chi connectivity index (χ3v) is 3.92. The van der Waals surface area contributed by atoms with E-state index >= 15 is 0 Å². The minimum Gasteiger partial charge on any atom is -0.474 e. The monoisotopic (exact) mass is 316 g/mol. The fraction of sp³-hybridized carbons (Fsp3) is 0.294. The summed E-state index contributed by atoms with van der Waals surface area (Å²) in [7, 11) is 0. The van der Waals surface area contributed by atoms with Crippen molar-refractivity contribution in [2.24, 2.45) is 0 Å². The first-order chi connectivity index (χ1) is 11.1. The van der Waals surface area contributed by atoms with E-state index in [2.05, 4.69) is 4.98 Å². The lowest BCUT2D eigenvalue weighted by Crippen LogP contribution is -2.46. The van der Waals surface area contributed by atoms with E-state index in [4.69, 9.17) is 4.74 Å². The van der Waals surface area contributed by atoms with Gasteiger partial charge in [0.05, 0.1) is 6.04 Å². The third-order valence-electron chi connectivity index (χ3n) is 3.92. The van der Waals surface area contributed by atoms with Crippen LogP contribution in [0.25, 0.3) is 0 Å². The summed E-state index contributed by atoms with van der Waals surface area (Å²) in [5, 5.41) is 9.50. The van der Waals surface area contributed by atoms with Gasteiger partial charge in [-0.15, -0.1) is 0 Å². The van der Waals surface area contributed by atoms with Crippen molar-refractivity contribution in [1.82, 2.24) is 4.98 Å². The Kier molecular flexibility index (Phi) is 4.14. The predicted octanol–water partition coefficient (Wildman–Crippen LogP) is 3.47. The Morgan fingerprint density at radius 2 is 2.13 bits per heavy atom. The molecule has 1 unspecified atom stereocenters. The lowest BCUT2D eigenvalue weighted by atomic mass is 10.1. The van der Waals surface area contributed by atoms with Crippen LogP contribution < -0.4 is 9.64 Å². The molecule has 1 atom stereocenters. The van der Waals surface area contributed by atoms with Crippen LogP contribution in [0, 0.1) is 5.82 Å². The molecule has 6 heteroatoms. The molecule has 5 nitrogen and oxygen atoms in total. The lowest BCUT2D eigenvalue weighted by Gasteiger charge is -2.33. The van der Waals surface area contributed by atoms with Gasteiger partial charge in [-0.25, -0.2) is 14.2 Å². The van der Waals surface area contributed by atoms with Crippen molar-refractivity contribution >= 4 is 11.8 Å². The first-order valence-electron chi connectivity index (χ1n) is 7.46. The molecule has 1 N–H and O–H groups in total. The van der Waals surface area contributed by atoms with Crippen LogP contribution >= 0.6 is 0 Å². The van der Waals surface area contributed by atoms with Gasteiger partial charge >= 0.3 is 6.09 Å². The molecule has 23 heavy (non-hydrogen) atoms. The van der Waals surface area contributed by atoms with Gasteiger partial charge in [0.1, 0.15) is 18.1 Å². The largest absolute Gasteiger partial charge is 0.474 e.